The van der Waals surface area contributed by atoms with E-state index in [9.17, 15) is 13.2 Å². The van der Waals surface area contributed by atoms with Crippen molar-refractivity contribution < 1.29 is 18.3 Å². The molecule has 0 aliphatic rings. The number of rotatable bonds is 3. The molecule has 6 heteroatoms. The van der Waals surface area contributed by atoms with E-state index in [4.69, 9.17) is 5.11 Å². The highest BCUT2D eigenvalue weighted by atomic mass is 79.9. The number of carboxylic acid groups (broad SMARTS) is 1. The van der Waals surface area contributed by atoms with Gasteiger partial charge in [-0.3, -0.25) is 0 Å². The summed E-state index contributed by atoms with van der Waals surface area (Å²) in [7, 11) is -3.29. The minimum absolute atomic E-state index is 0.00808. The lowest BCUT2D eigenvalue weighted by Gasteiger charge is -2.03. The van der Waals surface area contributed by atoms with Gasteiger partial charge in [-0.05, 0) is 34.1 Å². The molecule has 0 saturated carbocycles. The lowest BCUT2D eigenvalue weighted by molar-refractivity contribution is 0.0696. The van der Waals surface area contributed by atoms with Gasteiger partial charge in [-0.2, -0.15) is 0 Å². The molecule has 0 aliphatic heterocycles. The largest absolute Gasteiger partial charge is 0.478 e. The van der Waals surface area contributed by atoms with Gasteiger partial charge in [0.05, 0.1) is 16.2 Å². The number of carboxylic acids is 1. The van der Waals surface area contributed by atoms with Crippen LogP contribution < -0.4 is 0 Å². The number of carbonyl (C=O) groups is 1. The number of halogens is 1. The van der Waals surface area contributed by atoms with E-state index in [1.165, 1.54) is 25.1 Å². The Morgan fingerprint density at radius 2 is 2.07 bits per heavy atom. The normalized spacial score (nSPS) is 11.3. The predicted octanol–water partition coefficient (Wildman–Crippen LogP) is 1.94. The molecule has 0 atom stereocenters. The maximum Gasteiger partial charge on any atom is 0.336 e. The van der Waals surface area contributed by atoms with Gasteiger partial charge in [-0.1, -0.05) is 6.92 Å². The molecule has 0 bridgehead atoms. The van der Waals surface area contributed by atoms with Gasteiger partial charge in [0.25, 0.3) is 0 Å². The summed E-state index contributed by atoms with van der Waals surface area (Å²) in [6.07, 6.45) is 0. The van der Waals surface area contributed by atoms with E-state index >= 15 is 0 Å². The van der Waals surface area contributed by atoms with Crippen LogP contribution in [0.1, 0.15) is 17.3 Å². The molecule has 1 aromatic rings. The first-order chi connectivity index (χ1) is 6.88. The third-order valence-electron chi connectivity index (χ3n) is 1.91. The van der Waals surface area contributed by atoms with Crippen LogP contribution in [-0.4, -0.2) is 25.2 Å². The Balaban J connectivity index is 3.30. The highest BCUT2D eigenvalue weighted by molar-refractivity contribution is 9.10. The SMILES string of the molecule is CCS(=O)(=O)c1ccc(C(=O)O)c(Br)c1. The molecular formula is C9H9BrO4S. The molecule has 0 spiro atoms. The standard InChI is InChI=1S/C9H9BrO4S/c1-2-15(13,14)6-3-4-7(9(11)12)8(10)5-6/h3-5H,2H2,1H3,(H,11,12). The predicted molar refractivity (Wildman–Crippen MR) is 58.8 cm³/mol. The van der Waals surface area contributed by atoms with Gasteiger partial charge in [0.15, 0.2) is 9.84 Å². The van der Waals surface area contributed by atoms with Gasteiger partial charge < -0.3 is 5.11 Å². The fourth-order valence-corrected chi connectivity index (χ4v) is 2.64. The summed E-state index contributed by atoms with van der Waals surface area (Å²) in [5.41, 5.74) is 0.0463. The fraction of sp³-hybridized carbons (Fsp3) is 0.222. The Morgan fingerprint density at radius 3 is 2.47 bits per heavy atom. The van der Waals surface area contributed by atoms with Crippen molar-refractivity contribution in [1.29, 1.82) is 0 Å². The van der Waals surface area contributed by atoms with E-state index in [-0.39, 0.29) is 20.7 Å². The van der Waals surface area contributed by atoms with E-state index in [0.29, 0.717) is 0 Å². The Kier molecular flexibility index (Phi) is 3.51. The first-order valence-electron chi connectivity index (χ1n) is 4.14. The summed E-state index contributed by atoms with van der Waals surface area (Å²) < 4.78 is 23.2. The summed E-state index contributed by atoms with van der Waals surface area (Å²) in [5, 5.41) is 8.74. The van der Waals surface area contributed by atoms with Crippen LogP contribution in [0.3, 0.4) is 0 Å². The van der Waals surface area contributed by atoms with Crippen molar-refractivity contribution in [3.63, 3.8) is 0 Å². The molecule has 4 nitrogen and oxygen atoms in total. The maximum atomic E-state index is 11.5. The minimum atomic E-state index is -3.29. The molecule has 0 aromatic heterocycles. The van der Waals surface area contributed by atoms with Crippen LogP contribution in [0, 0.1) is 0 Å². The molecule has 0 saturated heterocycles. The van der Waals surface area contributed by atoms with Gasteiger partial charge in [0, 0.05) is 4.47 Å². The van der Waals surface area contributed by atoms with Gasteiger partial charge >= 0.3 is 5.97 Å². The highest BCUT2D eigenvalue weighted by Crippen LogP contribution is 2.22. The Labute approximate surface area is 96.0 Å². The van der Waals surface area contributed by atoms with E-state index < -0.39 is 15.8 Å². The van der Waals surface area contributed by atoms with Gasteiger partial charge in [0.2, 0.25) is 0 Å². The average molecular weight is 293 g/mol. The zero-order chi connectivity index (χ0) is 11.6. The summed E-state index contributed by atoms with van der Waals surface area (Å²) in [6.45, 7) is 1.54. The summed E-state index contributed by atoms with van der Waals surface area (Å²) in [6, 6.07) is 3.88. The van der Waals surface area contributed by atoms with Crippen LogP contribution in [0.2, 0.25) is 0 Å². The summed E-state index contributed by atoms with van der Waals surface area (Å²) in [5.74, 6) is -1.10. The molecule has 1 aromatic carbocycles. The molecule has 0 aliphatic carbocycles. The molecular weight excluding hydrogens is 284 g/mol. The molecule has 15 heavy (non-hydrogen) atoms. The molecule has 0 heterocycles. The molecule has 82 valence electrons. The maximum absolute atomic E-state index is 11.5. The van der Waals surface area contributed by atoms with Crippen LogP contribution in [0.4, 0.5) is 0 Å². The molecule has 1 rings (SSSR count). The van der Waals surface area contributed by atoms with Crippen LogP contribution >= 0.6 is 15.9 Å². The van der Waals surface area contributed by atoms with Crippen LogP contribution in [0.5, 0.6) is 0 Å². The number of hydrogen-bond acceptors (Lipinski definition) is 3. The zero-order valence-corrected chi connectivity index (χ0v) is 10.3. The average Bonchev–Trinajstić information content (AvgIpc) is 2.17. The Hall–Kier alpha value is -0.880. The minimum Gasteiger partial charge on any atom is -0.478 e. The quantitative estimate of drug-likeness (QED) is 0.924. The lowest BCUT2D eigenvalue weighted by Crippen LogP contribution is -2.05. The number of aromatic carboxylic acids is 1. The summed E-state index contributed by atoms with van der Waals surface area (Å²) >= 11 is 3.02. The van der Waals surface area contributed by atoms with Crippen LogP contribution in [0.15, 0.2) is 27.6 Å². The lowest BCUT2D eigenvalue weighted by atomic mass is 10.2. The van der Waals surface area contributed by atoms with Crippen molar-refractivity contribution in [2.75, 3.05) is 5.75 Å². The molecule has 0 fully saturated rings. The van der Waals surface area contributed by atoms with Crippen molar-refractivity contribution in [1.82, 2.24) is 0 Å². The number of benzene rings is 1. The third kappa shape index (κ3) is 2.57. The Morgan fingerprint density at radius 1 is 1.47 bits per heavy atom. The highest BCUT2D eigenvalue weighted by Gasteiger charge is 2.15. The Bertz CT molecular complexity index is 493. The number of sulfone groups is 1. The first kappa shape index (κ1) is 12.2. The molecule has 1 N–H and O–H groups in total. The second-order valence-electron chi connectivity index (χ2n) is 2.85. The topological polar surface area (TPSA) is 71.4 Å². The summed E-state index contributed by atoms with van der Waals surface area (Å²) in [4.78, 5) is 10.8. The third-order valence-corrected chi connectivity index (χ3v) is 4.30. The molecule has 0 amide bonds. The van der Waals surface area contributed by atoms with Gasteiger partial charge in [-0.15, -0.1) is 0 Å². The smallest absolute Gasteiger partial charge is 0.336 e. The molecule has 0 unspecified atom stereocenters. The molecule has 0 radical (unpaired) electrons. The van der Waals surface area contributed by atoms with Crippen molar-refractivity contribution in [3.8, 4) is 0 Å². The first-order valence-corrected chi connectivity index (χ1v) is 6.58. The van der Waals surface area contributed by atoms with Crippen LogP contribution in [-0.2, 0) is 9.84 Å². The fourth-order valence-electron chi connectivity index (χ4n) is 1.03. The van der Waals surface area contributed by atoms with Crippen molar-refractivity contribution >= 4 is 31.7 Å². The zero-order valence-electron chi connectivity index (χ0n) is 7.90. The van der Waals surface area contributed by atoms with E-state index in [1.54, 1.807) is 0 Å². The van der Waals surface area contributed by atoms with Crippen molar-refractivity contribution in [2.24, 2.45) is 0 Å². The van der Waals surface area contributed by atoms with Crippen molar-refractivity contribution in [3.05, 3.63) is 28.2 Å². The second-order valence-corrected chi connectivity index (χ2v) is 5.98. The monoisotopic (exact) mass is 292 g/mol. The van der Waals surface area contributed by atoms with Gasteiger partial charge in [0.1, 0.15) is 0 Å². The van der Waals surface area contributed by atoms with E-state index in [1.807, 2.05) is 0 Å². The van der Waals surface area contributed by atoms with E-state index in [2.05, 4.69) is 15.9 Å². The van der Waals surface area contributed by atoms with Crippen LogP contribution in [0.25, 0.3) is 0 Å². The second kappa shape index (κ2) is 4.32. The van der Waals surface area contributed by atoms with E-state index in [0.717, 1.165) is 0 Å². The number of hydrogen-bond donors (Lipinski definition) is 1. The van der Waals surface area contributed by atoms with Gasteiger partial charge in [-0.25, -0.2) is 13.2 Å². The van der Waals surface area contributed by atoms with Crippen molar-refractivity contribution in [2.45, 2.75) is 11.8 Å².